The van der Waals surface area contributed by atoms with E-state index >= 15 is 0 Å². The Bertz CT molecular complexity index is 768. The van der Waals surface area contributed by atoms with E-state index in [0.29, 0.717) is 10.7 Å². The molecule has 1 aliphatic rings. The first kappa shape index (κ1) is 16.1. The SMILES string of the molecule is C=CCNS(=O)(=O)c1ccccc1C(=O)N1N=C(C)CC1=O. The number of amides is 2. The average Bonchev–Trinajstić information content (AvgIpc) is 2.83. The monoisotopic (exact) mass is 321 g/mol. The second kappa shape index (κ2) is 6.20. The maximum Gasteiger partial charge on any atom is 0.282 e. The summed E-state index contributed by atoms with van der Waals surface area (Å²) >= 11 is 0. The predicted molar refractivity (Wildman–Crippen MR) is 80.7 cm³/mol. The third kappa shape index (κ3) is 3.12. The van der Waals surface area contributed by atoms with Crippen molar-refractivity contribution in [3.63, 3.8) is 0 Å². The number of hydrazone groups is 1. The van der Waals surface area contributed by atoms with Gasteiger partial charge in [-0.15, -0.1) is 6.58 Å². The number of benzene rings is 1. The van der Waals surface area contributed by atoms with Crippen molar-refractivity contribution in [3.05, 3.63) is 42.5 Å². The standard InChI is InChI=1S/C14H15N3O4S/c1-3-8-15-22(20,21)12-7-5-4-6-11(12)14(19)17-13(18)9-10(2)16-17/h3-7,15H,1,8-9H2,2H3. The van der Waals surface area contributed by atoms with E-state index in [4.69, 9.17) is 0 Å². The summed E-state index contributed by atoms with van der Waals surface area (Å²) in [6.07, 6.45) is 1.44. The van der Waals surface area contributed by atoms with E-state index in [0.717, 1.165) is 0 Å². The highest BCUT2D eigenvalue weighted by molar-refractivity contribution is 7.89. The number of imide groups is 1. The van der Waals surface area contributed by atoms with E-state index in [-0.39, 0.29) is 23.4 Å². The number of hydrogen-bond donors (Lipinski definition) is 1. The number of nitrogens with one attached hydrogen (secondary N) is 1. The smallest absolute Gasteiger partial charge is 0.272 e. The van der Waals surface area contributed by atoms with Gasteiger partial charge in [-0.2, -0.15) is 10.1 Å². The minimum absolute atomic E-state index is 0.0325. The molecule has 0 atom stereocenters. The molecular weight excluding hydrogens is 306 g/mol. The fourth-order valence-electron chi connectivity index (χ4n) is 1.95. The molecule has 0 aromatic heterocycles. The first-order chi connectivity index (χ1) is 10.4. The van der Waals surface area contributed by atoms with Crippen LogP contribution in [-0.2, 0) is 14.8 Å². The fraction of sp³-hybridized carbons (Fsp3) is 0.214. The number of nitrogens with zero attached hydrogens (tertiary/aromatic N) is 2. The molecule has 1 aliphatic heterocycles. The minimum Gasteiger partial charge on any atom is -0.272 e. The van der Waals surface area contributed by atoms with E-state index in [1.165, 1.54) is 30.3 Å². The van der Waals surface area contributed by atoms with Crippen molar-refractivity contribution in [1.29, 1.82) is 0 Å². The first-order valence-electron chi connectivity index (χ1n) is 6.48. The lowest BCUT2D eigenvalue weighted by atomic mass is 10.2. The van der Waals surface area contributed by atoms with E-state index < -0.39 is 21.8 Å². The van der Waals surface area contributed by atoms with Gasteiger partial charge in [0.15, 0.2) is 0 Å². The van der Waals surface area contributed by atoms with E-state index in [1.54, 1.807) is 6.92 Å². The Hall–Kier alpha value is -2.32. The molecule has 1 heterocycles. The summed E-state index contributed by atoms with van der Waals surface area (Å²) in [5, 5.41) is 4.56. The van der Waals surface area contributed by atoms with Crippen LogP contribution in [0.25, 0.3) is 0 Å². The highest BCUT2D eigenvalue weighted by atomic mass is 32.2. The Morgan fingerprint density at radius 1 is 1.45 bits per heavy atom. The zero-order chi connectivity index (χ0) is 16.3. The zero-order valence-corrected chi connectivity index (χ0v) is 12.8. The molecule has 0 aliphatic carbocycles. The fourth-order valence-corrected chi connectivity index (χ4v) is 3.15. The van der Waals surface area contributed by atoms with Crippen LogP contribution in [0.4, 0.5) is 0 Å². The number of carbonyl (C=O) groups is 2. The Labute approximate surface area is 128 Å². The molecule has 7 nitrogen and oxygen atoms in total. The molecule has 1 N–H and O–H groups in total. The normalized spacial score (nSPS) is 14.9. The Morgan fingerprint density at radius 3 is 2.73 bits per heavy atom. The van der Waals surface area contributed by atoms with Crippen LogP contribution in [0.1, 0.15) is 23.7 Å². The molecule has 0 saturated heterocycles. The van der Waals surface area contributed by atoms with Gasteiger partial charge in [-0.3, -0.25) is 9.59 Å². The molecule has 1 aromatic rings. The Kier molecular flexibility index (Phi) is 4.53. The predicted octanol–water partition coefficient (Wildman–Crippen LogP) is 0.899. The molecule has 1 aromatic carbocycles. The number of hydrogen-bond acceptors (Lipinski definition) is 5. The summed E-state index contributed by atoms with van der Waals surface area (Å²) in [4.78, 5) is 24.0. The van der Waals surface area contributed by atoms with Crippen molar-refractivity contribution in [3.8, 4) is 0 Å². The summed E-state index contributed by atoms with van der Waals surface area (Å²) in [7, 11) is -3.89. The molecule has 22 heavy (non-hydrogen) atoms. The summed E-state index contributed by atoms with van der Waals surface area (Å²) in [5.41, 5.74) is 0.398. The molecule has 0 bridgehead atoms. The molecular formula is C14H15N3O4S. The van der Waals surface area contributed by atoms with Crippen LogP contribution < -0.4 is 4.72 Å². The maximum atomic E-state index is 12.4. The first-order valence-corrected chi connectivity index (χ1v) is 7.96. The van der Waals surface area contributed by atoms with Gasteiger partial charge in [0.2, 0.25) is 10.0 Å². The van der Waals surface area contributed by atoms with E-state index in [1.807, 2.05) is 0 Å². The van der Waals surface area contributed by atoms with Gasteiger partial charge in [0, 0.05) is 12.3 Å². The molecule has 0 spiro atoms. The lowest BCUT2D eigenvalue weighted by molar-refractivity contribution is -0.126. The minimum atomic E-state index is -3.89. The summed E-state index contributed by atoms with van der Waals surface area (Å²) in [6.45, 7) is 5.09. The Balaban J connectivity index is 2.43. The molecule has 0 unspecified atom stereocenters. The van der Waals surface area contributed by atoms with Gasteiger partial charge in [-0.05, 0) is 19.1 Å². The number of rotatable bonds is 5. The molecule has 2 amide bonds. The van der Waals surface area contributed by atoms with Gasteiger partial charge in [0.1, 0.15) is 0 Å². The lowest BCUT2D eigenvalue weighted by Crippen LogP contribution is -2.31. The molecule has 116 valence electrons. The third-order valence-electron chi connectivity index (χ3n) is 2.93. The quantitative estimate of drug-likeness (QED) is 0.644. The lowest BCUT2D eigenvalue weighted by Gasteiger charge is -2.13. The number of carbonyl (C=O) groups excluding carboxylic acids is 2. The largest absolute Gasteiger partial charge is 0.282 e. The van der Waals surface area contributed by atoms with Crippen LogP contribution in [0.2, 0.25) is 0 Å². The maximum absolute atomic E-state index is 12.4. The van der Waals surface area contributed by atoms with Gasteiger partial charge < -0.3 is 0 Å². The van der Waals surface area contributed by atoms with Crippen molar-refractivity contribution in [2.75, 3.05) is 6.54 Å². The second-order valence-corrected chi connectivity index (χ2v) is 6.39. The van der Waals surface area contributed by atoms with Crippen LogP contribution in [0.15, 0.2) is 46.9 Å². The zero-order valence-electron chi connectivity index (χ0n) is 11.9. The highest BCUT2D eigenvalue weighted by Gasteiger charge is 2.31. The van der Waals surface area contributed by atoms with Gasteiger partial charge in [0.25, 0.3) is 11.8 Å². The van der Waals surface area contributed by atoms with Gasteiger partial charge in [-0.25, -0.2) is 13.1 Å². The summed E-state index contributed by atoms with van der Waals surface area (Å²) in [5.74, 6) is -1.24. The van der Waals surface area contributed by atoms with Gasteiger partial charge >= 0.3 is 0 Å². The van der Waals surface area contributed by atoms with Crippen molar-refractivity contribution in [1.82, 2.24) is 9.73 Å². The molecule has 0 saturated carbocycles. The molecule has 2 rings (SSSR count). The van der Waals surface area contributed by atoms with E-state index in [9.17, 15) is 18.0 Å². The molecule has 8 heteroatoms. The topological polar surface area (TPSA) is 95.9 Å². The number of sulfonamides is 1. The van der Waals surface area contributed by atoms with Crippen molar-refractivity contribution in [2.24, 2.45) is 5.10 Å². The summed E-state index contributed by atoms with van der Waals surface area (Å²) in [6, 6.07) is 5.67. The Morgan fingerprint density at radius 2 is 2.14 bits per heavy atom. The highest BCUT2D eigenvalue weighted by Crippen LogP contribution is 2.20. The van der Waals surface area contributed by atoms with Crippen LogP contribution in [0.3, 0.4) is 0 Å². The van der Waals surface area contributed by atoms with Crippen LogP contribution in [0.5, 0.6) is 0 Å². The third-order valence-corrected chi connectivity index (χ3v) is 4.41. The van der Waals surface area contributed by atoms with Crippen molar-refractivity contribution < 1.29 is 18.0 Å². The van der Waals surface area contributed by atoms with E-state index in [2.05, 4.69) is 16.4 Å². The summed E-state index contributed by atoms with van der Waals surface area (Å²) < 4.78 is 26.7. The van der Waals surface area contributed by atoms with Crippen LogP contribution in [-0.4, -0.2) is 37.5 Å². The molecule has 0 radical (unpaired) electrons. The second-order valence-electron chi connectivity index (χ2n) is 4.66. The van der Waals surface area contributed by atoms with Crippen LogP contribution >= 0.6 is 0 Å². The average molecular weight is 321 g/mol. The van der Waals surface area contributed by atoms with Gasteiger partial charge in [0.05, 0.1) is 16.9 Å². The van der Waals surface area contributed by atoms with Crippen LogP contribution in [0, 0.1) is 0 Å². The van der Waals surface area contributed by atoms with Crippen molar-refractivity contribution >= 4 is 27.5 Å². The van der Waals surface area contributed by atoms with Crippen molar-refractivity contribution in [2.45, 2.75) is 18.2 Å². The van der Waals surface area contributed by atoms with Gasteiger partial charge in [-0.1, -0.05) is 18.2 Å². The molecule has 0 fully saturated rings.